The van der Waals surface area contributed by atoms with Crippen LogP contribution in [0.4, 0.5) is 0 Å². The fourth-order valence-electron chi connectivity index (χ4n) is 0.904. The van der Waals surface area contributed by atoms with E-state index in [0.717, 1.165) is 0 Å². The highest BCUT2D eigenvalue weighted by Gasteiger charge is 2.17. The van der Waals surface area contributed by atoms with Gasteiger partial charge in [0.1, 0.15) is 0 Å². The quantitative estimate of drug-likeness (QED) is 0.611. The largest absolute Gasteiger partial charge is 0.330 e. The zero-order valence-corrected chi connectivity index (χ0v) is 9.26. The van der Waals surface area contributed by atoms with E-state index in [1.54, 1.807) is 14.0 Å². The van der Waals surface area contributed by atoms with Gasteiger partial charge in [-0.15, -0.1) is 0 Å². The Morgan fingerprint density at radius 1 is 1.54 bits per heavy atom. The standard InChI is InChI=1S/C7H19N3O2S/c1-4-9-13(11,12)10(3)6-7(2)5-8/h7,9H,4-6,8H2,1-3H3. The fourth-order valence-corrected chi connectivity index (χ4v) is 1.94. The van der Waals surface area contributed by atoms with Gasteiger partial charge in [-0.25, -0.2) is 4.72 Å². The number of rotatable bonds is 6. The van der Waals surface area contributed by atoms with Crippen LogP contribution in [0.5, 0.6) is 0 Å². The van der Waals surface area contributed by atoms with Crippen molar-refractivity contribution in [2.45, 2.75) is 13.8 Å². The summed E-state index contributed by atoms with van der Waals surface area (Å²) in [4.78, 5) is 0. The molecule has 0 rings (SSSR count). The minimum absolute atomic E-state index is 0.179. The zero-order chi connectivity index (χ0) is 10.5. The molecule has 0 aliphatic carbocycles. The summed E-state index contributed by atoms with van der Waals surface area (Å²) >= 11 is 0. The summed E-state index contributed by atoms with van der Waals surface area (Å²) in [5, 5.41) is 0. The predicted molar refractivity (Wildman–Crippen MR) is 53.4 cm³/mol. The van der Waals surface area contributed by atoms with Crippen molar-refractivity contribution in [2.75, 3.05) is 26.7 Å². The highest BCUT2D eigenvalue weighted by atomic mass is 32.2. The fraction of sp³-hybridized carbons (Fsp3) is 1.00. The van der Waals surface area contributed by atoms with Crippen LogP contribution >= 0.6 is 0 Å². The lowest BCUT2D eigenvalue weighted by atomic mass is 10.2. The molecule has 0 aromatic carbocycles. The first-order valence-electron chi connectivity index (χ1n) is 4.35. The summed E-state index contributed by atoms with van der Waals surface area (Å²) < 4.78 is 26.4. The lowest BCUT2D eigenvalue weighted by Gasteiger charge is -2.20. The average Bonchev–Trinajstić information content (AvgIpc) is 2.04. The molecule has 1 atom stereocenters. The maximum absolute atomic E-state index is 11.4. The highest BCUT2D eigenvalue weighted by molar-refractivity contribution is 7.87. The van der Waals surface area contributed by atoms with E-state index >= 15 is 0 Å². The van der Waals surface area contributed by atoms with Crippen molar-refractivity contribution < 1.29 is 8.42 Å². The van der Waals surface area contributed by atoms with Gasteiger partial charge in [-0.05, 0) is 12.5 Å². The molecule has 0 bridgehead atoms. The Kier molecular flexibility index (Phi) is 5.46. The van der Waals surface area contributed by atoms with Crippen molar-refractivity contribution in [1.82, 2.24) is 9.03 Å². The first-order chi connectivity index (χ1) is 5.94. The Balaban J connectivity index is 4.17. The van der Waals surface area contributed by atoms with E-state index in [-0.39, 0.29) is 5.92 Å². The highest BCUT2D eigenvalue weighted by Crippen LogP contribution is 1.99. The summed E-state index contributed by atoms with van der Waals surface area (Å²) in [5.41, 5.74) is 5.40. The van der Waals surface area contributed by atoms with Crippen LogP contribution in [0.1, 0.15) is 13.8 Å². The monoisotopic (exact) mass is 209 g/mol. The molecule has 5 nitrogen and oxygen atoms in total. The van der Waals surface area contributed by atoms with Gasteiger partial charge in [-0.1, -0.05) is 13.8 Å². The predicted octanol–water partition coefficient (Wildman–Crippen LogP) is -0.633. The number of hydrogen-bond donors (Lipinski definition) is 2. The van der Waals surface area contributed by atoms with Crippen LogP contribution in [-0.4, -0.2) is 39.4 Å². The summed E-state index contributed by atoms with van der Waals surface area (Å²) in [6.07, 6.45) is 0. The third kappa shape index (κ3) is 4.56. The van der Waals surface area contributed by atoms with E-state index in [2.05, 4.69) is 4.72 Å². The molecule has 6 heteroatoms. The summed E-state index contributed by atoms with van der Waals surface area (Å²) in [5.74, 6) is 0.179. The zero-order valence-electron chi connectivity index (χ0n) is 8.45. The summed E-state index contributed by atoms with van der Waals surface area (Å²) in [6, 6.07) is 0. The molecule has 0 amide bonds. The van der Waals surface area contributed by atoms with Crippen LogP contribution in [0.3, 0.4) is 0 Å². The van der Waals surface area contributed by atoms with Gasteiger partial charge in [-0.3, -0.25) is 0 Å². The number of nitrogens with one attached hydrogen (secondary N) is 1. The number of nitrogens with zero attached hydrogens (tertiary/aromatic N) is 1. The first-order valence-corrected chi connectivity index (χ1v) is 5.79. The second-order valence-electron chi connectivity index (χ2n) is 3.12. The Morgan fingerprint density at radius 3 is 2.46 bits per heavy atom. The molecule has 3 N–H and O–H groups in total. The molecular formula is C7H19N3O2S. The molecule has 0 aromatic rings. The van der Waals surface area contributed by atoms with E-state index < -0.39 is 10.2 Å². The second kappa shape index (κ2) is 5.54. The maximum atomic E-state index is 11.4. The molecule has 13 heavy (non-hydrogen) atoms. The van der Waals surface area contributed by atoms with Gasteiger partial charge in [0.15, 0.2) is 0 Å². The molecule has 0 aliphatic heterocycles. The second-order valence-corrected chi connectivity index (χ2v) is 4.99. The van der Waals surface area contributed by atoms with Gasteiger partial charge in [0.05, 0.1) is 0 Å². The van der Waals surface area contributed by atoms with Crippen LogP contribution in [0.15, 0.2) is 0 Å². The number of nitrogens with two attached hydrogens (primary N) is 1. The van der Waals surface area contributed by atoms with Gasteiger partial charge < -0.3 is 5.73 Å². The molecule has 0 saturated heterocycles. The minimum Gasteiger partial charge on any atom is -0.330 e. The third-order valence-electron chi connectivity index (χ3n) is 1.71. The lowest BCUT2D eigenvalue weighted by molar-refractivity contribution is 0.399. The van der Waals surface area contributed by atoms with E-state index in [4.69, 9.17) is 5.73 Å². The van der Waals surface area contributed by atoms with Gasteiger partial charge in [0.25, 0.3) is 10.2 Å². The van der Waals surface area contributed by atoms with Crippen molar-refractivity contribution >= 4 is 10.2 Å². The molecule has 0 aromatic heterocycles. The third-order valence-corrected chi connectivity index (χ3v) is 3.33. The molecule has 0 saturated carbocycles. The Bertz CT molecular complexity index is 228. The molecule has 80 valence electrons. The summed E-state index contributed by atoms with van der Waals surface area (Å²) in [6.45, 7) is 5.01. The minimum atomic E-state index is -3.29. The van der Waals surface area contributed by atoms with Crippen molar-refractivity contribution in [3.05, 3.63) is 0 Å². The topological polar surface area (TPSA) is 75.4 Å². The van der Waals surface area contributed by atoms with E-state index in [1.165, 1.54) is 4.31 Å². The molecule has 0 spiro atoms. The molecule has 0 aliphatic rings. The molecule has 0 fully saturated rings. The normalized spacial score (nSPS) is 14.8. The number of hydrogen-bond acceptors (Lipinski definition) is 3. The van der Waals surface area contributed by atoms with Crippen molar-refractivity contribution in [2.24, 2.45) is 11.7 Å². The van der Waals surface area contributed by atoms with Crippen LogP contribution in [0.2, 0.25) is 0 Å². The van der Waals surface area contributed by atoms with E-state index in [0.29, 0.717) is 19.6 Å². The van der Waals surface area contributed by atoms with Gasteiger partial charge in [-0.2, -0.15) is 12.7 Å². The molecule has 0 heterocycles. The van der Waals surface area contributed by atoms with Crippen LogP contribution < -0.4 is 10.5 Å². The van der Waals surface area contributed by atoms with Crippen LogP contribution in [0, 0.1) is 5.92 Å². The smallest absolute Gasteiger partial charge is 0.279 e. The summed E-state index contributed by atoms with van der Waals surface area (Å²) in [7, 11) is -1.74. The lowest BCUT2D eigenvalue weighted by Crippen LogP contribution is -2.41. The van der Waals surface area contributed by atoms with Gasteiger partial charge >= 0.3 is 0 Å². The van der Waals surface area contributed by atoms with Crippen molar-refractivity contribution in [1.29, 1.82) is 0 Å². The van der Waals surface area contributed by atoms with Gasteiger partial charge in [0, 0.05) is 20.1 Å². The molecular weight excluding hydrogens is 190 g/mol. The Hall–Kier alpha value is -0.170. The molecule has 1 unspecified atom stereocenters. The van der Waals surface area contributed by atoms with Gasteiger partial charge in [0.2, 0.25) is 0 Å². The SMILES string of the molecule is CCNS(=O)(=O)N(C)CC(C)CN. The van der Waals surface area contributed by atoms with E-state index in [1.807, 2.05) is 6.92 Å². The Labute approximate surface area is 80.5 Å². The maximum Gasteiger partial charge on any atom is 0.279 e. The van der Waals surface area contributed by atoms with Crippen molar-refractivity contribution in [3.63, 3.8) is 0 Å². The molecule has 0 radical (unpaired) electrons. The Morgan fingerprint density at radius 2 is 2.08 bits per heavy atom. The van der Waals surface area contributed by atoms with Crippen LogP contribution in [-0.2, 0) is 10.2 Å². The first kappa shape index (κ1) is 12.8. The average molecular weight is 209 g/mol. The van der Waals surface area contributed by atoms with E-state index in [9.17, 15) is 8.42 Å². The van der Waals surface area contributed by atoms with Crippen molar-refractivity contribution in [3.8, 4) is 0 Å². The van der Waals surface area contributed by atoms with Crippen LogP contribution in [0.25, 0.3) is 0 Å².